The Morgan fingerprint density at radius 2 is 2.24 bits per heavy atom. The summed E-state index contributed by atoms with van der Waals surface area (Å²) in [5, 5.41) is 2.73. The van der Waals surface area contributed by atoms with Crippen LogP contribution in [0.2, 0.25) is 0 Å². The van der Waals surface area contributed by atoms with Crippen LogP contribution in [0.4, 0.5) is 0 Å². The van der Waals surface area contributed by atoms with Crippen LogP contribution < -0.4 is 5.32 Å². The third-order valence-electron chi connectivity index (χ3n) is 3.54. The summed E-state index contributed by atoms with van der Waals surface area (Å²) in [4.78, 5) is 25.5. The molecular weight excluding hydrogens is 220 g/mol. The van der Waals surface area contributed by atoms with Crippen molar-refractivity contribution < 1.29 is 14.3 Å². The number of rotatable bonds is 2. The first-order valence-corrected chi connectivity index (χ1v) is 6.33. The zero-order chi connectivity index (χ0) is 12.4. The van der Waals surface area contributed by atoms with E-state index in [4.69, 9.17) is 4.74 Å². The molecule has 3 unspecified atom stereocenters. The molecule has 17 heavy (non-hydrogen) atoms. The summed E-state index contributed by atoms with van der Waals surface area (Å²) in [6, 6.07) is -0.180. The molecule has 5 heteroatoms. The fraction of sp³-hybridized carbons (Fsp3) is 0.833. The van der Waals surface area contributed by atoms with E-state index in [1.165, 1.54) is 0 Å². The van der Waals surface area contributed by atoms with E-state index >= 15 is 0 Å². The predicted octanol–water partition coefficient (Wildman–Crippen LogP) is 0.291. The van der Waals surface area contributed by atoms with Crippen LogP contribution in [0.5, 0.6) is 0 Å². The van der Waals surface area contributed by atoms with Crippen LogP contribution in [-0.4, -0.2) is 48.1 Å². The largest absolute Gasteiger partial charge is 0.378 e. The van der Waals surface area contributed by atoms with E-state index in [0.29, 0.717) is 13.0 Å². The molecule has 2 saturated heterocycles. The molecule has 0 aromatic heterocycles. The first kappa shape index (κ1) is 12.4. The molecule has 2 fully saturated rings. The van der Waals surface area contributed by atoms with Gasteiger partial charge in [0.1, 0.15) is 6.04 Å². The number of amides is 2. The van der Waals surface area contributed by atoms with Crippen LogP contribution in [0.3, 0.4) is 0 Å². The van der Waals surface area contributed by atoms with Crippen LogP contribution >= 0.6 is 0 Å². The fourth-order valence-corrected chi connectivity index (χ4v) is 2.58. The number of hydrogen-bond donors (Lipinski definition) is 1. The molecule has 2 amide bonds. The maximum absolute atomic E-state index is 12.2. The highest BCUT2D eigenvalue weighted by atomic mass is 16.5. The lowest BCUT2D eigenvalue weighted by Gasteiger charge is -2.40. The lowest BCUT2D eigenvalue weighted by Crippen LogP contribution is -2.61. The second-order valence-corrected chi connectivity index (χ2v) is 4.85. The number of ether oxygens (including phenoxy) is 1. The number of hydrogen-bond acceptors (Lipinski definition) is 3. The van der Waals surface area contributed by atoms with E-state index in [2.05, 4.69) is 5.32 Å². The molecule has 2 aliphatic rings. The smallest absolute Gasteiger partial charge is 0.245 e. The molecule has 0 bridgehead atoms. The van der Waals surface area contributed by atoms with Gasteiger partial charge in [-0.05, 0) is 26.2 Å². The van der Waals surface area contributed by atoms with Gasteiger partial charge in [-0.1, -0.05) is 6.92 Å². The van der Waals surface area contributed by atoms with Crippen molar-refractivity contribution in [3.05, 3.63) is 0 Å². The number of carbonyl (C=O) groups is 2. The lowest BCUT2D eigenvalue weighted by molar-refractivity contribution is -0.149. The molecule has 2 heterocycles. The van der Waals surface area contributed by atoms with E-state index < -0.39 is 0 Å². The Bertz CT molecular complexity index is 319. The van der Waals surface area contributed by atoms with Gasteiger partial charge in [-0.15, -0.1) is 0 Å². The Morgan fingerprint density at radius 3 is 2.88 bits per heavy atom. The molecule has 1 N–H and O–H groups in total. The second-order valence-electron chi connectivity index (χ2n) is 4.85. The number of nitrogens with one attached hydrogen (secondary N) is 1. The van der Waals surface area contributed by atoms with Crippen molar-refractivity contribution in [1.29, 1.82) is 0 Å². The molecule has 0 aromatic rings. The molecular formula is C12H20N2O3. The van der Waals surface area contributed by atoms with Crippen molar-refractivity contribution in [1.82, 2.24) is 10.2 Å². The van der Waals surface area contributed by atoms with E-state index in [-0.39, 0.29) is 36.5 Å². The van der Waals surface area contributed by atoms with Gasteiger partial charge >= 0.3 is 0 Å². The van der Waals surface area contributed by atoms with E-state index in [0.717, 1.165) is 12.8 Å². The summed E-state index contributed by atoms with van der Waals surface area (Å²) in [5.41, 5.74) is 0. The molecule has 0 radical (unpaired) electrons. The van der Waals surface area contributed by atoms with Gasteiger partial charge in [0.05, 0.1) is 12.6 Å². The standard InChI is InChI=1S/C12H20N2O3/c1-3-10-12(16)14(7-11(15)13-10)9-4-5-17-8(2)6-9/h8-10H,3-7H2,1-2H3,(H,13,15). The van der Waals surface area contributed by atoms with Gasteiger partial charge < -0.3 is 15.0 Å². The quantitative estimate of drug-likeness (QED) is 0.755. The monoisotopic (exact) mass is 240 g/mol. The number of nitrogens with zero attached hydrogens (tertiary/aromatic N) is 1. The third-order valence-corrected chi connectivity index (χ3v) is 3.54. The number of carbonyl (C=O) groups excluding carboxylic acids is 2. The Kier molecular flexibility index (Phi) is 3.66. The molecule has 2 aliphatic heterocycles. The van der Waals surface area contributed by atoms with Crippen molar-refractivity contribution in [3.8, 4) is 0 Å². The number of piperazine rings is 1. The van der Waals surface area contributed by atoms with Crippen molar-refractivity contribution >= 4 is 11.8 Å². The minimum absolute atomic E-state index is 0.0457. The summed E-state index contributed by atoms with van der Waals surface area (Å²) < 4.78 is 5.48. The predicted molar refractivity (Wildman–Crippen MR) is 62.4 cm³/mol. The molecule has 96 valence electrons. The van der Waals surface area contributed by atoms with Crippen LogP contribution in [0.1, 0.15) is 33.1 Å². The average molecular weight is 240 g/mol. The molecule has 0 aliphatic carbocycles. The van der Waals surface area contributed by atoms with E-state index in [1.807, 2.05) is 13.8 Å². The fourth-order valence-electron chi connectivity index (χ4n) is 2.58. The summed E-state index contributed by atoms with van der Waals surface area (Å²) in [7, 11) is 0. The molecule has 0 saturated carbocycles. The zero-order valence-corrected chi connectivity index (χ0v) is 10.4. The van der Waals surface area contributed by atoms with Crippen LogP contribution in [-0.2, 0) is 14.3 Å². The highest BCUT2D eigenvalue weighted by Crippen LogP contribution is 2.21. The Labute approximate surface area is 101 Å². The topological polar surface area (TPSA) is 58.6 Å². The van der Waals surface area contributed by atoms with Gasteiger partial charge in [0.15, 0.2) is 0 Å². The van der Waals surface area contributed by atoms with Gasteiger partial charge in [-0.2, -0.15) is 0 Å². The second kappa shape index (κ2) is 5.04. The van der Waals surface area contributed by atoms with Crippen molar-refractivity contribution in [2.45, 2.75) is 51.3 Å². The summed E-state index contributed by atoms with van der Waals surface area (Å²) in [6.45, 7) is 4.80. The SMILES string of the molecule is CCC1NC(=O)CN(C2CCOC(C)C2)C1=O. The summed E-state index contributed by atoms with van der Waals surface area (Å²) >= 11 is 0. The van der Waals surface area contributed by atoms with Gasteiger partial charge in [-0.25, -0.2) is 0 Å². The highest BCUT2D eigenvalue weighted by molar-refractivity contribution is 5.94. The van der Waals surface area contributed by atoms with Crippen molar-refractivity contribution in [2.75, 3.05) is 13.2 Å². The lowest BCUT2D eigenvalue weighted by atomic mass is 9.99. The molecule has 2 rings (SSSR count). The average Bonchev–Trinajstić information content (AvgIpc) is 2.31. The molecule has 5 nitrogen and oxygen atoms in total. The molecule has 0 aromatic carbocycles. The highest BCUT2D eigenvalue weighted by Gasteiger charge is 2.37. The van der Waals surface area contributed by atoms with Crippen LogP contribution in [0.15, 0.2) is 0 Å². The zero-order valence-electron chi connectivity index (χ0n) is 10.4. The Morgan fingerprint density at radius 1 is 1.47 bits per heavy atom. The Hall–Kier alpha value is -1.10. The third kappa shape index (κ3) is 2.60. The first-order valence-electron chi connectivity index (χ1n) is 6.33. The van der Waals surface area contributed by atoms with Gasteiger partial charge in [-0.3, -0.25) is 9.59 Å². The molecule has 0 spiro atoms. The maximum Gasteiger partial charge on any atom is 0.245 e. The van der Waals surface area contributed by atoms with Crippen molar-refractivity contribution in [2.24, 2.45) is 0 Å². The van der Waals surface area contributed by atoms with E-state index in [9.17, 15) is 9.59 Å². The van der Waals surface area contributed by atoms with Gasteiger partial charge in [0.25, 0.3) is 0 Å². The minimum Gasteiger partial charge on any atom is -0.378 e. The van der Waals surface area contributed by atoms with Gasteiger partial charge in [0, 0.05) is 12.6 Å². The molecule has 3 atom stereocenters. The van der Waals surface area contributed by atoms with Crippen molar-refractivity contribution in [3.63, 3.8) is 0 Å². The summed E-state index contributed by atoms with van der Waals surface area (Å²) in [5.74, 6) is 0.0156. The van der Waals surface area contributed by atoms with Crippen LogP contribution in [0, 0.1) is 0 Å². The normalized spacial score (nSPS) is 34.7. The minimum atomic E-state index is -0.339. The summed E-state index contributed by atoms with van der Waals surface area (Å²) in [6.07, 6.45) is 2.49. The van der Waals surface area contributed by atoms with Crippen LogP contribution in [0.25, 0.3) is 0 Å². The Balaban J connectivity index is 2.07. The van der Waals surface area contributed by atoms with E-state index in [1.54, 1.807) is 4.90 Å². The first-order chi connectivity index (χ1) is 8.11. The maximum atomic E-state index is 12.2. The van der Waals surface area contributed by atoms with Gasteiger partial charge in [0.2, 0.25) is 11.8 Å².